The highest BCUT2D eigenvalue weighted by Crippen LogP contribution is 2.42. The summed E-state index contributed by atoms with van der Waals surface area (Å²) < 4.78 is 0. The molecule has 0 radical (unpaired) electrons. The molecule has 5 nitrogen and oxygen atoms in total. The fourth-order valence-electron chi connectivity index (χ4n) is 3.49. The lowest BCUT2D eigenvalue weighted by Gasteiger charge is -2.38. The molecular formula is C16H26N2O3. The summed E-state index contributed by atoms with van der Waals surface area (Å²) in [4.78, 5) is 38.2. The van der Waals surface area contributed by atoms with Crippen LogP contribution >= 0.6 is 0 Å². The third-order valence-corrected chi connectivity index (χ3v) is 5.00. The van der Waals surface area contributed by atoms with Crippen molar-refractivity contribution < 1.29 is 14.4 Å². The second-order valence-electron chi connectivity index (χ2n) is 6.38. The number of carbonyl (C=O) groups excluding carboxylic acids is 3. The summed E-state index contributed by atoms with van der Waals surface area (Å²) in [7, 11) is 0. The quantitative estimate of drug-likeness (QED) is 0.766. The molecule has 1 aliphatic carbocycles. The van der Waals surface area contributed by atoms with Gasteiger partial charge in [0, 0.05) is 6.54 Å². The number of nitrogens with one attached hydrogen (secondary N) is 1. The van der Waals surface area contributed by atoms with Crippen LogP contribution in [0.3, 0.4) is 0 Å². The summed E-state index contributed by atoms with van der Waals surface area (Å²) >= 11 is 0. The minimum Gasteiger partial charge on any atom is -0.277 e. The predicted octanol–water partition coefficient (Wildman–Crippen LogP) is 2.84. The number of hydrogen-bond donors (Lipinski definition) is 1. The van der Waals surface area contributed by atoms with E-state index in [1.165, 1.54) is 4.90 Å². The van der Waals surface area contributed by atoms with Gasteiger partial charge >= 0.3 is 6.03 Å². The van der Waals surface area contributed by atoms with Gasteiger partial charge < -0.3 is 0 Å². The van der Waals surface area contributed by atoms with E-state index in [4.69, 9.17) is 0 Å². The van der Waals surface area contributed by atoms with E-state index in [-0.39, 0.29) is 11.8 Å². The number of barbiturate groups is 1. The molecule has 1 aliphatic heterocycles. The highest BCUT2D eigenvalue weighted by Gasteiger charge is 2.55. The first-order valence-electron chi connectivity index (χ1n) is 8.22. The van der Waals surface area contributed by atoms with Gasteiger partial charge in [-0.3, -0.25) is 19.8 Å². The maximum Gasteiger partial charge on any atom is 0.330 e. The molecule has 2 aliphatic rings. The molecule has 0 bridgehead atoms. The van der Waals surface area contributed by atoms with Crippen molar-refractivity contribution in [1.82, 2.24) is 10.2 Å². The molecule has 2 rings (SSSR count). The first-order valence-corrected chi connectivity index (χ1v) is 8.22. The summed E-state index contributed by atoms with van der Waals surface area (Å²) in [5, 5.41) is 2.41. The maximum absolute atomic E-state index is 12.7. The number of rotatable bonds is 6. The van der Waals surface area contributed by atoms with Crippen LogP contribution in [-0.4, -0.2) is 29.3 Å². The van der Waals surface area contributed by atoms with Crippen molar-refractivity contribution >= 4 is 17.8 Å². The third-order valence-electron chi connectivity index (χ3n) is 5.00. The first kappa shape index (κ1) is 16.0. The summed E-state index contributed by atoms with van der Waals surface area (Å²) in [5.41, 5.74) is -0.961. The van der Waals surface area contributed by atoms with Crippen LogP contribution in [0.2, 0.25) is 0 Å². The van der Waals surface area contributed by atoms with Crippen LogP contribution in [0, 0.1) is 11.3 Å². The van der Waals surface area contributed by atoms with Gasteiger partial charge in [0.2, 0.25) is 11.8 Å². The van der Waals surface area contributed by atoms with Crippen LogP contribution < -0.4 is 5.32 Å². The van der Waals surface area contributed by atoms with Gasteiger partial charge in [-0.25, -0.2) is 4.79 Å². The molecule has 0 aromatic rings. The monoisotopic (exact) mass is 294 g/mol. The van der Waals surface area contributed by atoms with Crippen molar-refractivity contribution in [2.75, 3.05) is 6.54 Å². The zero-order valence-corrected chi connectivity index (χ0v) is 13.1. The van der Waals surface area contributed by atoms with Crippen molar-refractivity contribution in [3.63, 3.8) is 0 Å². The van der Waals surface area contributed by atoms with Gasteiger partial charge in [0.15, 0.2) is 0 Å². The number of amides is 4. The van der Waals surface area contributed by atoms with Crippen molar-refractivity contribution in [3.05, 3.63) is 0 Å². The molecule has 4 amide bonds. The van der Waals surface area contributed by atoms with Gasteiger partial charge in [-0.15, -0.1) is 0 Å². The van der Waals surface area contributed by atoms with Gasteiger partial charge in [-0.05, 0) is 25.2 Å². The molecule has 1 spiro atoms. The lowest BCUT2D eigenvalue weighted by molar-refractivity contribution is -0.151. The van der Waals surface area contributed by atoms with E-state index in [1.54, 1.807) is 0 Å². The Bertz CT molecular complexity index is 427. The topological polar surface area (TPSA) is 66.5 Å². The molecule has 1 N–H and O–H groups in total. The third kappa shape index (κ3) is 2.97. The van der Waals surface area contributed by atoms with E-state index in [0.717, 1.165) is 38.5 Å². The molecule has 2 fully saturated rings. The Morgan fingerprint density at radius 3 is 2.43 bits per heavy atom. The van der Waals surface area contributed by atoms with Crippen LogP contribution in [0.4, 0.5) is 4.79 Å². The summed E-state index contributed by atoms with van der Waals surface area (Å²) in [6, 6.07) is -0.530. The minimum absolute atomic E-state index is 0.260. The van der Waals surface area contributed by atoms with Gasteiger partial charge in [0.05, 0.1) is 0 Å². The Balaban J connectivity index is 2.12. The largest absolute Gasteiger partial charge is 0.330 e. The van der Waals surface area contributed by atoms with E-state index in [0.29, 0.717) is 25.3 Å². The van der Waals surface area contributed by atoms with Gasteiger partial charge in [-0.2, -0.15) is 0 Å². The van der Waals surface area contributed by atoms with Crippen molar-refractivity contribution in [3.8, 4) is 0 Å². The molecule has 1 saturated heterocycles. The zero-order valence-electron chi connectivity index (χ0n) is 13.1. The second kappa shape index (κ2) is 6.58. The van der Waals surface area contributed by atoms with Crippen molar-refractivity contribution in [2.45, 2.75) is 65.2 Å². The molecule has 1 saturated carbocycles. The highest BCUT2D eigenvalue weighted by molar-refractivity contribution is 6.19. The Kier molecular flexibility index (Phi) is 5.01. The molecule has 5 heteroatoms. The summed E-state index contributed by atoms with van der Waals surface area (Å²) in [6.45, 7) is 4.66. The van der Waals surface area contributed by atoms with Crippen LogP contribution in [0.15, 0.2) is 0 Å². The lowest BCUT2D eigenvalue weighted by atomic mass is 9.81. The van der Waals surface area contributed by atoms with Gasteiger partial charge in [0.1, 0.15) is 5.41 Å². The smallest absolute Gasteiger partial charge is 0.277 e. The number of imide groups is 2. The number of unbranched alkanes of at least 4 members (excludes halogenated alkanes) is 1. The Labute approximate surface area is 126 Å². The van der Waals surface area contributed by atoms with E-state index >= 15 is 0 Å². The van der Waals surface area contributed by atoms with Crippen LogP contribution in [0.25, 0.3) is 0 Å². The maximum atomic E-state index is 12.7. The van der Waals surface area contributed by atoms with Gasteiger partial charge in [0.25, 0.3) is 0 Å². The van der Waals surface area contributed by atoms with Crippen LogP contribution in [0.1, 0.15) is 65.2 Å². The molecule has 1 heterocycles. The van der Waals surface area contributed by atoms with E-state index in [9.17, 15) is 14.4 Å². The molecule has 0 aromatic carbocycles. The second-order valence-corrected chi connectivity index (χ2v) is 6.38. The van der Waals surface area contributed by atoms with E-state index in [1.807, 2.05) is 0 Å². The first-order chi connectivity index (χ1) is 10.0. The summed E-state index contributed by atoms with van der Waals surface area (Å²) in [5.74, 6) is -0.317. The zero-order chi connectivity index (χ0) is 15.5. The highest BCUT2D eigenvalue weighted by atomic mass is 16.2. The van der Waals surface area contributed by atoms with Crippen LogP contribution in [-0.2, 0) is 9.59 Å². The lowest BCUT2D eigenvalue weighted by Crippen LogP contribution is -2.63. The molecule has 1 atom stereocenters. The Hall–Kier alpha value is -1.39. The Morgan fingerprint density at radius 1 is 1.19 bits per heavy atom. The number of hydrogen-bond acceptors (Lipinski definition) is 3. The average Bonchev–Trinajstić information content (AvgIpc) is 2.96. The van der Waals surface area contributed by atoms with E-state index in [2.05, 4.69) is 19.2 Å². The molecule has 118 valence electrons. The number of carbonyl (C=O) groups is 3. The summed E-state index contributed by atoms with van der Waals surface area (Å²) in [6.07, 6.45) is 7.09. The molecule has 21 heavy (non-hydrogen) atoms. The molecule has 0 aromatic heterocycles. The fourth-order valence-corrected chi connectivity index (χ4v) is 3.49. The fraction of sp³-hybridized carbons (Fsp3) is 0.812. The van der Waals surface area contributed by atoms with Crippen molar-refractivity contribution in [1.29, 1.82) is 0 Å². The van der Waals surface area contributed by atoms with E-state index < -0.39 is 11.4 Å². The standard InChI is InChI=1S/C16H26N2O3/c1-3-5-8-12(4-2)11-18-14(20)16(9-6-7-10-16)13(19)17-15(18)21/h12H,3-11H2,1-2H3,(H,17,19,21). The SMILES string of the molecule is CCCCC(CC)CN1C(=O)NC(=O)C2(CCCC2)C1=O. The molecular weight excluding hydrogens is 268 g/mol. The predicted molar refractivity (Wildman–Crippen MR) is 79.5 cm³/mol. The average molecular weight is 294 g/mol. The Morgan fingerprint density at radius 2 is 1.86 bits per heavy atom. The normalized spacial score (nSPS) is 22.8. The number of urea groups is 1. The van der Waals surface area contributed by atoms with Crippen LogP contribution in [0.5, 0.6) is 0 Å². The number of nitrogens with zero attached hydrogens (tertiary/aromatic N) is 1. The van der Waals surface area contributed by atoms with Crippen molar-refractivity contribution in [2.24, 2.45) is 11.3 Å². The minimum atomic E-state index is -0.961. The molecule has 1 unspecified atom stereocenters. The van der Waals surface area contributed by atoms with Gasteiger partial charge in [-0.1, -0.05) is 46.0 Å².